The Morgan fingerprint density at radius 2 is 1.86 bits per heavy atom. The van der Waals surface area contributed by atoms with E-state index in [2.05, 4.69) is 20.1 Å². The molecular formula is C14H22N4O3S. The minimum atomic E-state index is -0.0935. The number of aromatic nitrogens is 1. The van der Waals surface area contributed by atoms with Gasteiger partial charge in [0.15, 0.2) is 5.13 Å². The number of carbonyl (C=O) groups is 1. The van der Waals surface area contributed by atoms with Gasteiger partial charge in [-0.2, -0.15) is 0 Å². The number of nitrogens with zero attached hydrogens (tertiary/aromatic N) is 3. The lowest BCUT2D eigenvalue weighted by molar-refractivity contribution is 0.0383. The second-order valence-electron chi connectivity index (χ2n) is 5.32. The highest BCUT2D eigenvalue weighted by Crippen LogP contribution is 2.21. The molecular weight excluding hydrogens is 304 g/mol. The van der Waals surface area contributed by atoms with Gasteiger partial charge >= 0.3 is 0 Å². The van der Waals surface area contributed by atoms with E-state index >= 15 is 0 Å². The van der Waals surface area contributed by atoms with Gasteiger partial charge in [-0.25, -0.2) is 4.98 Å². The topological polar surface area (TPSA) is 66.9 Å². The number of hydrogen-bond donors (Lipinski definition) is 1. The van der Waals surface area contributed by atoms with E-state index in [1.54, 1.807) is 0 Å². The number of carbonyl (C=O) groups excluding carboxylic acids is 1. The molecule has 1 amide bonds. The van der Waals surface area contributed by atoms with E-state index in [1.165, 1.54) is 11.3 Å². The molecule has 0 unspecified atom stereocenters. The van der Waals surface area contributed by atoms with Crippen LogP contribution in [0, 0.1) is 0 Å². The van der Waals surface area contributed by atoms with Crippen LogP contribution in [0.2, 0.25) is 0 Å². The van der Waals surface area contributed by atoms with Crippen LogP contribution in [-0.4, -0.2) is 81.5 Å². The summed E-state index contributed by atoms with van der Waals surface area (Å²) in [4.78, 5) is 21.0. The maximum Gasteiger partial charge on any atom is 0.270 e. The summed E-state index contributed by atoms with van der Waals surface area (Å²) >= 11 is 1.52. The van der Waals surface area contributed by atoms with Gasteiger partial charge in [0.05, 0.1) is 26.4 Å². The summed E-state index contributed by atoms with van der Waals surface area (Å²) in [7, 11) is 0. The van der Waals surface area contributed by atoms with Crippen LogP contribution >= 0.6 is 11.3 Å². The number of amides is 1. The van der Waals surface area contributed by atoms with Crippen molar-refractivity contribution in [3.8, 4) is 0 Å². The Bertz CT molecular complexity index is 484. The minimum absolute atomic E-state index is 0.0935. The molecule has 2 aliphatic heterocycles. The fourth-order valence-corrected chi connectivity index (χ4v) is 3.37. The lowest BCUT2D eigenvalue weighted by Crippen LogP contribution is -2.41. The van der Waals surface area contributed by atoms with E-state index in [-0.39, 0.29) is 5.91 Å². The van der Waals surface area contributed by atoms with Crippen LogP contribution in [0.4, 0.5) is 5.13 Å². The maximum absolute atomic E-state index is 12.1. The van der Waals surface area contributed by atoms with Crippen molar-refractivity contribution in [1.82, 2.24) is 15.2 Å². The van der Waals surface area contributed by atoms with E-state index in [9.17, 15) is 4.79 Å². The molecule has 3 heterocycles. The molecule has 1 aromatic heterocycles. The first-order chi connectivity index (χ1) is 10.8. The maximum atomic E-state index is 12.1. The fourth-order valence-electron chi connectivity index (χ4n) is 2.51. The number of anilines is 1. The van der Waals surface area contributed by atoms with Crippen molar-refractivity contribution in [3.63, 3.8) is 0 Å². The molecule has 22 heavy (non-hydrogen) atoms. The van der Waals surface area contributed by atoms with E-state index in [1.807, 2.05) is 5.38 Å². The first-order valence-electron chi connectivity index (χ1n) is 7.69. The second kappa shape index (κ2) is 7.87. The molecule has 1 aromatic rings. The summed E-state index contributed by atoms with van der Waals surface area (Å²) in [5, 5.41) is 5.67. The van der Waals surface area contributed by atoms with Crippen LogP contribution in [0.5, 0.6) is 0 Å². The van der Waals surface area contributed by atoms with Gasteiger partial charge in [0.25, 0.3) is 5.91 Å². The predicted octanol–water partition coefficient (Wildman–Crippen LogP) is 0.0417. The van der Waals surface area contributed by atoms with Gasteiger partial charge in [-0.05, 0) is 0 Å². The van der Waals surface area contributed by atoms with E-state index in [4.69, 9.17) is 9.47 Å². The highest BCUT2D eigenvalue weighted by Gasteiger charge is 2.17. The van der Waals surface area contributed by atoms with E-state index < -0.39 is 0 Å². The third-order valence-corrected chi connectivity index (χ3v) is 4.73. The standard InChI is InChI=1S/C14H22N4O3S/c19-13(15-1-2-17-3-7-20-8-4-17)12-11-22-14(16-12)18-5-9-21-10-6-18/h11H,1-10H2,(H,15,19). The number of nitrogens with one attached hydrogen (secondary N) is 1. The molecule has 8 heteroatoms. The van der Waals surface area contributed by atoms with Crippen molar-refractivity contribution in [2.24, 2.45) is 0 Å². The minimum Gasteiger partial charge on any atom is -0.379 e. The predicted molar refractivity (Wildman–Crippen MR) is 84.7 cm³/mol. The number of thiazole rings is 1. The molecule has 0 aliphatic carbocycles. The molecule has 3 rings (SSSR count). The van der Waals surface area contributed by atoms with Crippen LogP contribution in [-0.2, 0) is 9.47 Å². The molecule has 0 radical (unpaired) electrons. The third kappa shape index (κ3) is 4.16. The summed E-state index contributed by atoms with van der Waals surface area (Å²) in [5.41, 5.74) is 0.508. The summed E-state index contributed by atoms with van der Waals surface area (Å²) in [6, 6.07) is 0. The zero-order chi connectivity index (χ0) is 15.2. The van der Waals surface area contributed by atoms with Crippen LogP contribution < -0.4 is 10.2 Å². The molecule has 2 saturated heterocycles. The average Bonchev–Trinajstić information content (AvgIpc) is 3.07. The van der Waals surface area contributed by atoms with Crippen molar-refractivity contribution in [2.75, 3.05) is 70.6 Å². The number of rotatable bonds is 5. The van der Waals surface area contributed by atoms with Gasteiger partial charge in [0.1, 0.15) is 5.69 Å². The zero-order valence-electron chi connectivity index (χ0n) is 12.6. The Morgan fingerprint density at radius 3 is 2.59 bits per heavy atom. The van der Waals surface area contributed by atoms with Crippen LogP contribution in [0.3, 0.4) is 0 Å². The van der Waals surface area contributed by atoms with Crippen molar-refractivity contribution < 1.29 is 14.3 Å². The molecule has 0 spiro atoms. The van der Waals surface area contributed by atoms with Crippen LogP contribution in [0.25, 0.3) is 0 Å². The highest BCUT2D eigenvalue weighted by molar-refractivity contribution is 7.13. The Kier molecular flexibility index (Phi) is 5.60. The lowest BCUT2D eigenvalue weighted by Gasteiger charge is -2.26. The summed E-state index contributed by atoms with van der Waals surface area (Å²) in [6.07, 6.45) is 0. The molecule has 0 aromatic carbocycles. The van der Waals surface area contributed by atoms with E-state index in [0.29, 0.717) is 12.2 Å². The first kappa shape index (κ1) is 15.7. The Labute approximate surface area is 134 Å². The molecule has 2 fully saturated rings. The van der Waals surface area contributed by atoms with E-state index in [0.717, 1.165) is 64.3 Å². The SMILES string of the molecule is O=C(NCCN1CCOCC1)c1csc(N2CCOCC2)n1. The van der Waals surface area contributed by atoms with Gasteiger partial charge in [0.2, 0.25) is 0 Å². The molecule has 0 saturated carbocycles. The number of ether oxygens (including phenoxy) is 2. The first-order valence-corrected chi connectivity index (χ1v) is 8.57. The summed E-state index contributed by atoms with van der Waals surface area (Å²) in [6.45, 7) is 8.06. The van der Waals surface area contributed by atoms with Gasteiger partial charge in [-0.3, -0.25) is 9.69 Å². The smallest absolute Gasteiger partial charge is 0.270 e. The molecule has 0 bridgehead atoms. The fraction of sp³-hybridized carbons (Fsp3) is 0.714. The Morgan fingerprint density at radius 1 is 1.18 bits per heavy atom. The molecule has 0 atom stereocenters. The monoisotopic (exact) mass is 326 g/mol. The van der Waals surface area contributed by atoms with Gasteiger partial charge < -0.3 is 19.7 Å². The molecule has 7 nitrogen and oxygen atoms in total. The van der Waals surface area contributed by atoms with Crippen molar-refractivity contribution in [1.29, 1.82) is 0 Å². The molecule has 1 N–H and O–H groups in total. The van der Waals surface area contributed by atoms with Crippen molar-refractivity contribution >= 4 is 22.4 Å². The Balaban J connectivity index is 1.44. The average molecular weight is 326 g/mol. The largest absolute Gasteiger partial charge is 0.379 e. The van der Waals surface area contributed by atoms with Gasteiger partial charge in [-0.1, -0.05) is 0 Å². The van der Waals surface area contributed by atoms with Gasteiger partial charge in [-0.15, -0.1) is 11.3 Å². The highest BCUT2D eigenvalue weighted by atomic mass is 32.1. The Hall–Kier alpha value is -1.22. The van der Waals surface area contributed by atoms with Crippen molar-refractivity contribution in [3.05, 3.63) is 11.1 Å². The van der Waals surface area contributed by atoms with Crippen LogP contribution in [0.1, 0.15) is 10.5 Å². The lowest BCUT2D eigenvalue weighted by atomic mass is 10.4. The molecule has 122 valence electrons. The summed E-state index contributed by atoms with van der Waals surface area (Å²) in [5.74, 6) is -0.0935. The normalized spacial score (nSPS) is 20.1. The van der Waals surface area contributed by atoms with Crippen LogP contribution in [0.15, 0.2) is 5.38 Å². The quantitative estimate of drug-likeness (QED) is 0.824. The number of hydrogen-bond acceptors (Lipinski definition) is 7. The molecule has 2 aliphatic rings. The van der Waals surface area contributed by atoms with Gasteiger partial charge in [0, 0.05) is 44.6 Å². The summed E-state index contributed by atoms with van der Waals surface area (Å²) < 4.78 is 10.6. The second-order valence-corrected chi connectivity index (χ2v) is 6.16. The number of morpholine rings is 2. The third-order valence-electron chi connectivity index (χ3n) is 3.82. The van der Waals surface area contributed by atoms with Crippen molar-refractivity contribution in [2.45, 2.75) is 0 Å². The zero-order valence-corrected chi connectivity index (χ0v) is 13.4.